The molecule has 0 saturated heterocycles. The van der Waals surface area contributed by atoms with Crippen LogP contribution in [0.15, 0.2) is 47.1 Å². The van der Waals surface area contributed by atoms with E-state index in [0.29, 0.717) is 16.8 Å². The van der Waals surface area contributed by atoms with Gasteiger partial charge in [0.2, 0.25) is 5.82 Å². The molecule has 28 heavy (non-hydrogen) atoms. The van der Waals surface area contributed by atoms with Gasteiger partial charge in [0.1, 0.15) is 17.1 Å². The number of rotatable bonds is 3. The minimum atomic E-state index is -1.11. The first-order valence-corrected chi connectivity index (χ1v) is 8.32. The van der Waals surface area contributed by atoms with E-state index in [0.717, 1.165) is 4.90 Å². The van der Waals surface area contributed by atoms with Crippen molar-refractivity contribution in [2.75, 3.05) is 7.05 Å². The summed E-state index contributed by atoms with van der Waals surface area (Å²) in [5.41, 5.74) is 0.674. The van der Waals surface area contributed by atoms with Crippen LogP contribution in [0.1, 0.15) is 30.9 Å². The second-order valence-corrected chi connectivity index (χ2v) is 6.52. The predicted octanol–water partition coefficient (Wildman–Crippen LogP) is 3.52. The van der Waals surface area contributed by atoms with Gasteiger partial charge in [-0.3, -0.25) is 9.88 Å². The first-order chi connectivity index (χ1) is 13.3. The molecule has 2 heterocycles. The molecule has 7 nitrogen and oxygen atoms in total. The maximum absolute atomic E-state index is 13.2. The Kier molecular flexibility index (Phi) is 5.09. The van der Waals surface area contributed by atoms with Gasteiger partial charge in [0.25, 0.3) is 5.89 Å². The molecule has 8 heteroatoms. The number of carboxylic acid groups (broad SMARTS) is 1. The largest absolute Gasteiger partial charge is 0.465 e. The Morgan fingerprint density at radius 2 is 1.96 bits per heavy atom. The SMILES string of the molecule is CN(C(=O)O)C(C)(C)c1nc(-c2ccc(C#Cc3cccc(F)c3)cn2)no1. The van der Waals surface area contributed by atoms with E-state index >= 15 is 0 Å². The van der Waals surface area contributed by atoms with Crippen LogP contribution >= 0.6 is 0 Å². The zero-order valence-electron chi connectivity index (χ0n) is 15.5. The fourth-order valence-electron chi connectivity index (χ4n) is 2.27. The molecular formula is C20H17FN4O3. The maximum atomic E-state index is 13.2. The van der Waals surface area contributed by atoms with Crippen LogP contribution in [-0.4, -0.2) is 38.3 Å². The van der Waals surface area contributed by atoms with Gasteiger partial charge in [-0.05, 0) is 44.2 Å². The van der Waals surface area contributed by atoms with Crippen molar-refractivity contribution >= 4 is 6.09 Å². The summed E-state index contributed by atoms with van der Waals surface area (Å²) in [5, 5.41) is 13.1. The average Bonchev–Trinajstić information content (AvgIpc) is 3.17. The van der Waals surface area contributed by atoms with Crippen molar-refractivity contribution < 1.29 is 18.8 Å². The fraction of sp³-hybridized carbons (Fsp3) is 0.200. The van der Waals surface area contributed by atoms with Crippen LogP contribution in [-0.2, 0) is 5.54 Å². The van der Waals surface area contributed by atoms with E-state index in [4.69, 9.17) is 4.52 Å². The van der Waals surface area contributed by atoms with Crippen LogP contribution in [0.4, 0.5) is 9.18 Å². The quantitative estimate of drug-likeness (QED) is 0.699. The molecule has 3 rings (SSSR count). The zero-order valence-corrected chi connectivity index (χ0v) is 15.5. The monoisotopic (exact) mass is 380 g/mol. The Hall–Kier alpha value is -3.73. The van der Waals surface area contributed by atoms with Crippen molar-refractivity contribution in [3.63, 3.8) is 0 Å². The van der Waals surface area contributed by atoms with Crippen molar-refractivity contribution in [1.29, 1.82) is 0 Å². The van der Waals surface area contributed by atoms with E-state index in [-0.39, 0.29) is 17.5 Å². The molecule has 0 radical (unpaired) electrons. The van der Waals surface area contributed by atoms with Crippen molar-refractivity contribution in [3.8, 4) is 23.4 Å². The lowest BCUT2D eigenvalue weighted by atomic mass is 10.0. The third-order valence-corrected chi connectivity index (χ3v) is 4.24. The van der Waals surface area contributed by atoms with Crippen LogP contribution in [0.2, 0.25) is 0 Å². The summed E-state index contributed by atoms with van der Waals surface area (Å²) >= 11 is 0. The highest BCUT2D eigenvalue weighted by Gasteiger charge is 2.35. The number of hydrogen-bond acceptors (Lipinski definition) is 5. The Morgan fingerprint density at radius 3 is 2.61 bits per heavy atom. The molecule has 0 aliphatic heterocycles. The van der Waals surface area contributed by atoms with Crippen molar-refractivity contribution in [1.82, 2.24) is 20.0 Å². The zero-order chi connectivity index (χ0) is 20.3. The average molecular weight is 380 g/mol. The highest BCUT2D eigenvalue weighted by molar-refractivity contribution is 5.65. The predicted molar refractivity (Wildman–Crippen MR) is 98.7 cm³/mol. The molecule has 0 saturated carbocycles. The molecule has 1 aromatic carbocycles. The molecule has 3 aromatic rings. The summed E-state index contributed by atoms with van der Waals surface area (Å²) in [7, 11) is 1.43. The van der Waals surface area contributed by atoms with Crippen LogP contribution < -0.4 is 0 Å². The summed E-state index contributed by atoms with van der Waals surface area (Å²) in [6.07, 6.45) is 0.440. The van der Waals surface area contributed by atoms with E-state index < -0.39 is 11.6 Å². The molecule has 0 aliphatic carbocycles. The van der Waals surface area contributed by atoms with Crippen molar-refractivity contribution in [2.24, 2.45) is 0 Å². The highest BCUT2D eigenvalue weighted by Crippen LogP contribution is 2.26. The molecule has 1 amide bonds. The minimum absolute atomic E-state index is 0.157. The first kappa shape index (κ1) is 19.0. The number of pyridine rings is 1. The van der Waals surface area contributed by atoms with Crippen LogP contribution in [0.3, 0.4) is 0 Å². The molecule has 0 spiro atoms. The number of benzene rings is 1. The number of carbonyl (C=O) groups is 1. The third-order valence-electron chi connectivity index (χ3n) is 4.24. The molecule has 0 unspecified atom stereocenters. The summed E-state index contributed by atoms with van der Waals surface area (Å²) in [6.45, 7) is 3.33. The Balaban J connectivity index is 1.80. The van der Waals surface area contributed by atoms with Gasteiger partial charge >= 0.3 is 6.09 Å². The number of halogens is 1. The highest BCUT2D eigenvalue weighted by atomic mass is 19.1. The molecule has 142 valence electrons. The lowest BCUT2D eigenvalue weighted by molar-refractivity contribution is 0.0908. The van der Waals surface area contributed by atoms with E-state index in [2.05, 4.69) is 27.0 Å². The standard InChI is InChI=1S/C20H17FN4O3/c1-20(2,25(3)19(26)27)18-23-17(24-28-18)16-10-9-14(12-22-16)8-7-13-5-4-6-15(21)11-13/h4-6,9-12H,1-3H3,(H,26,27). The van der Waals surface area contributed by atoms with E-state index in [1.54, 1.807) is 44.3 Å². The fourth-order valence-corrected chi connectivity index (χ4v) is 2.27. The number of amides is 1. The summed E-state index contributed by atoms with van der Waals surface area (Å²) < 4.78 is 18.4. The smallest absolute Gasteiger partial charge is 0.407 e. The van der Waals surface area contributed by atoms with Crippen molar-refractivity contribution in [2.45, 2.75) is 19.4 Å². The van der Waals surface area contributed by atoms with E-state index in [1.807, 2.05) is 0 Å². The Morgan fingerprint density at radius 1 is 1.21 bits per heavy atom. The summed E-state index contributed by atoms with van der Waals surface area (Å²) in [6, 6.07) is 9.44. The normalized spacial score (nSPS) is 10.9. The van der Waals surface area contributed by atoms with Gasteiger partial charge in [0.05, 0.1) is 0 Å². The van der Waals surface area contributed by atoms with Crippen LogP contribution in [0.25, 0.3) is 11.5 Å². The Bertz CT molecular complexity index is 1060. The van der Waals surface area contributed by atoms with Gasteiger partial charge in [0.15, 0.2) is 0 Å². The number of nitrogens with zero attached hydrogens (tertiary/aromatic N) is 4. The van der Waals surface area contributed by atoms with Gasteiger partial charge in [-0.2, -0.15) is 4.98 Å². The van der Waals surface area contributed by atoms with Gasteiger partial charge < -0.3 is 9.63 Å². The number of hydrogen-bond donors (Lipinski definition) is 1. The van der Waals surface area contributed by atoms with Crippen LogP contribution in [0, 0.1) is 17.7 Å². The Labute approximate surface area is 160 Å². The lowest BCUT2D eigenvalue weighted by Crippen LogP contribution is -2.42. The van der Waals surface area contributed by atoms with E-state index in [9.17, 15) is 14.3 Å². The summed E-state index contributed by atoms with van der Waals surface area (Å²) in [4.78, 5) is 20.8. The lowest BCUT2D eigenvalue weighted by Gasteiger charge is -2.29. The second kappa shape index (κ2) is 7.48. The van der Waals surface area contributed by atoms with Crippen LogP contribution in [0.5, 0.6) is 0 Å². The minimum Gasteiger partial charge on any atom is -0.465 e. The van der Waals surface area contributed by atoms with Gasteiger partial charge in [-0.1, -0.05) is 23.1 Å². The molecule has 0 atom stereocenters. The van der Waals surface area contributed by atoms with Gasteiger partial charge in [-0.15, -0.1) is 0 Å². The molecule has 1 N–H and O–H groups in total. The molecular weight excluding hydrogens is 363 g/mol. The molecule has 0 aliphatic rings. The first-order valence-electron chi connectivity index (χ1n) is 8.32. The molecule has 0 bridgehead atoms. The second-order valence-electron chi connectivity index (χ2n) is 6.52. The number of aromatic nitrogens is 3. The van der Waals surface area contributed by atoms with Gasteiger partial charge in [-0.25, -0.2) is 9.18 Å². The van der Waals surface area contributed by atoms with E-state index in [1.165, 1.54) is 19.2 Å². The topological polar surface area (TPSA) is 92.4 Å². The summed E-state index contributed by atoms with van der Waals surface area (Å²) in [5.74, 6) is 5.83. The maximum Gasteiger partial charge on any atom is 0.407 e. The van der Waals surface area contributed by atoms with Crippen molar-refractivity contribution in [3.05, 3.63) is 65.4 Å². The molecule has 2 aromatic heterocycles. The third kappa shape index (κ3) is 3.99. The molecule has 0 fully saturated rings. The van der Waals surface area contributed by atoms with Gasteiger partial charge in [0, 0.05) is 24.4 Å².